The van der Waals surface area contributed by atoms with Crippen molar-refractivity contribution in [2.75, 3.05) is 0 Å². The maximum atomic E-state index is 11.5. The van der Waals surface area contributed by atoms with Crippen LogP contribution in [-0.2, 0) is 11.3 Å². The first-order valence-electron chi connectivity index (χ1n) is 5.47. The van der Waals surface area contributed by atoms with Gasteiger partial charge in [0.1, 0.15) is 6.04 Å². The number of hydrogen-bond donors (Lipinski definition) is 2. The summed E-state index contributed by atoms with van der Waals surface area (Å²) in [6.07, 6.45) is 0. The summed E-state index contributed by atoms with van der Waals surface area (Å²) in [5.74, 6) is -0.364. The summed E-state index contributed by atoms with van der Waals surface area (Å²) >= 11 is 5.04. The molecule has 0 saturated heterocycles. The van der Waals surface area contributed by atoms with Crippen molar-refractivity contribution >= 4 is 33.2 Å². The number of nitrogens with one attached hydrogen (secondary N) is 1. The van der Waals surface area contributed by atoms with E-state index in [4.69, 9.17) is 5.73 Å². The molecule has 5 heteroatoms. The first kappa shape index (κ1) is 13.3. The van der Waals surface area contributed by atoms with Gasteiger partial charge < -0.3 is 5.73 Å². The number of carbonyl (C=O) groups is 1. The number of primary amides is 1. The standard InChI is InChI=1S/C13H13BrN2OS/c14-10-6-11(18-8-10)7-16-12(13(15)17)9-4-2-1-3-5-9/h1-6,8,12,16H,7H2,(H2,15,17)/t12-/m1/s1. The van der Waals surface area contributed by atoms with Crippen molar-refractivity contribution in [1.29, 1.82) is 0 Å². The van der Waals surface area contributed by atoms with Crippen molar-refractivity contribution in [2.45, 2.75) is 12.6 Å². The molecule has 0 bridgehead atoms. The minimum atomic E-state index is -0.452. The Balaban J connectivity index is 2.06. The van der Waals surface area contributed by atoms with Crippen LogP contribution in [0.4, 0.5) is 0 Å². The molecule has 1 atom stereocenters. The highest BCUT2D eigenvalue weighted by Gasteiger charge is 2.16. The van der Waals surface area contributed by atoms with E-state index in [0.717, 1.165) is 14.9 Å². The van der Waals surface area contributed by atoms with Crippen LogP contribution in [0.2, 0.25) is 0 Å². The van der Waals surface area contributed by atoms with E-state index in [9.17, 15) is 4.79 Å². The molecule has 3 N–H and O–H groups in total. The molecular weight excluding hydrogens is 312 g/mol. The SMILES string of the molecule is NC(=O)[C@H](NCc1cc(Br)cs1)c1ccccc1. The molecule has 2 rings (SSSR count). The maximum absolute atomic E-state index is 11.5. The van der Waals surface area contributed by atoms with Crippen LogP contribution in [0.3, 0.4) is 0 Å². The fourth-order valence-corrected chi connectivity index (χ4v) is 3.08. The predicted molar refractivity (Wildman–Crippen MR) is 77.2 cm³/mol. The van der Waals surface area contributed by atoms with Gasteiger partial charge in [0.05, 0.1) is 0 Å². The largest absolute Gasteiger partial charge is 0.368 e. The maximum Gasteiger partial charge on any atom is 0.239 e. The Hall–Kier alpha value is -1.17. The second-order valence-electron chi connectivity index (χ2n) is 3.86. The molecule has 1 heterocycles. The smallest absolute Gasteiger partial charge is 0.239 e. The fraction of sp³-hybridized carbons (Fsp3) is 0.154. The minimum Gasteiger partial charge on any atom is -0.368 e. The van der Waals surface area contributed by atoms with E-state index in [1.54, 1.807) is 11.3 Å². The number of amides is 1. The molecule has 18 heavy (non-hydrogen) atoms. The zero-order valence-electron chi connectivity index (χ0n) is 9.60. The van der Waals surface area contributed by atoms with E-state index in [0.29, 0.717) is 6.54 Å². The summed E-state index contributed by atoms with van der Waals surface area (Å²) in [5, 5.41) is 5.19. The van der Waals surface area contributed by atoms with Crippen LogP contribution < -0.4 is 11.1 Å². The molecule has 1 aromatic heterocycles. The summed E-state index contributed by atoms with van der Waals surface area (Å²) in [4.78, 5) is 12.6. The topological polar surface area (TPSA) is 55.1 Å². The third-order valence-electron chi connectivity index (χ3n) is 2.52. The lowest BCUT2D eigenvalue weighted by Gasteiger charge is -2.15. The van der Waals surface area contributed by atoms with Gasteiger partial charge in [-0.15, -0.1) is 11.3 Å². The number of halogens is 1. The second kappa shape index (κ2) is 6.13. The number of thiophene rings is 1. The Morgan fingerprint density at radius 2 is 2.11 bits per heavy atom. The van der Waals surface area contributed by atoms with E-state index >= 15 is 0 Å². The number of rotatable bonds is 5. The lowest BCUT2D eigenvalue weighted by Crippen LogP contribution is -2.33. The zero-order valence-corrected chi connectivity index (χ0v) is 12.0. The van der Waals surface area contributed by atoms with Crippen molar-refractivity contribution < 1.29 is 4.79 Å². The van der Waals surface area contributed by atoms with E-state index in [2.05, 4.69) is 21.2 Å². The van der Waals surface area contributed by atoms with Crippen molar-refractivity contribution in [2.24, 2.45) is 5.73 Å². The summed E-state index contributed by atoms with van der Waals surface area (Å²) in [5.41, 5.74) is 6.32. The van der Waals surface area contributed by atoms with Crippen LogP contribution in [0, 0.1) is 0 Å². The van der Waals surface area contributed by atoms with Crippen molar-refractivity contribution in [3.63, 3.8) is 0 Å². The van der Waals surface area contributed by atoms with Gasteiger partial charge in [-0.2, -0.15) is 0 Å². The second-order valence-corrected chi connectivity index (χ2v) is 5.77. The van der Waals surface area contributed by atoms with E-state index in [-0.39, 0.29) is 5.91 Å². The minimum absolute atomic E-state index is 0.364. The quantitative estimate of drug-likeness (QED) is 0.888. The van der Waals surface area contributed by atoms with Crippen molar-refractivity contribution in [1.82, 2.24) is 5.32 Å². The molecule has 2 aromatic rings. The molecule has 3 nitrogen and oxygen atoms in total. The highest BCUT2D eigenvalue weighted by Crippen LogP contribution is 2.20. The number of nitrogens with two attached hydrogens (primary N) is 1. The Morgan fingerprint density at radius 3 is 2.67 bits per heavy atom. The van der Waals surface area contributed by atoms with Gasteiger partial charge in [0.2, 0.25) is 5.91 Å². The van der Waals surface area contributed by atoms with Crippen LogP contribution in [0.25, 0.3) is 0 Å². The van der Waals surface area contributed by atoms with E-state index < -0.39 is 6.04 Å². The monoisotopic (exact) mass is 324 g/mol. The van der Waals surface area contributed by atoms with Crippen molar-refractivity contribution in [3.05, 3.63) is 56.7 Å². The molecule has 94 valence electrons. The van der Waals surface area contributed by atoms with E-state index in [1.165, 1.54) is 0 Å². The Bertz CT molecular complexity index is 527. The molecule has 0 aliphatic carbocycles. The number of benzene rings is 1. The molecule has 0 aliphatic rings. The highest BCUT2D eigenvalue weighted by molar-refractivity contribution is 9.10. The van der Waals surface area contributed by atoms with Crippen LogP contribution in [-0.4, -0.2) is 5.91 Å². The molecule has 1 aromatic carbocycles. The van der Waals surface area contributed by atoms with Gasteiger partial charge in [-0.25, -0.2) is 0 Å². The van der Waals surface area contributed by atoms with Gasteiger partial charge in [-0.05, 0) is 27.6 Å². The summed E-state index contributed by atoms with van der Waals surface area (Å²) in [6, 6.07) is 11.1. The average molecular weight is 325 g/mol. The number of carbonyl (C=O) groups excluding carboxylic acids is 1. The molecular formula is C13H13BrN2OS. The fourth-order valence-electron chi connectivity index (χ4n) is 1.68. The van der Waals surface area contributed by atoms with Gasteiger partial charge in [0, 0.05) is 21.3 Å². The van der Waals surface area contributed by atoms with Crippen LogP contribution >= 0.6 is 27.3 Å². The van der Waals surface area contributed by atoms with Gasteiger partial charge >= 0.3 is 0 Å². The Labute approximate surface area is 118 Å². The first-order valence-corrected chi connectivity index (χ1v) is 7.14. The molecule has 0 aliphatic heterocycles. The Morgan fingerprint density at radius 1 is 1.39 bits per heavy atom. The lowest BCUT2D eigenvalue weighted by atomic mass is 10.1. The summed E-state index contributed by atoms with van der Waals surface area (Å²) in [6.45, 7) is 0.624. The van der Waals surface area contributed by atoms with Gasteiger partial charge in [0.15, 0.2) is 0 Å². The normalized spacial score (nSPS) is 12.3. The van der Waals surface area contributed by atoms with Crippen molar-refractivity contribution in [3.8, 4) is 0 Å². The molecule has 0 unspecified atom stereocenters. The molecule has 0 radical (unpaired) electrons. The highest BCUT2D eigenvalue weighted by atomic mass is 79.9. The summed E-state index contributed by atoms with van der Waals surface area (Å²) in [7, 11) is 0. The average Bonchev–Trinajstić information content (AvgIpc) is 2.76. The van der Waals surface area contributed by atoms with Gasteiger partial charge in [-0.3, -0.25) is 10.1 Å². The van der Waals surface area contributed by atoms with Gasteiger partial charge in [-0.1, -0.05) is 30.3 Å². The predicted octanol–water partition coefficient (Wildman–Crippen LogP) is 2.83. The van der Waals surface area contributed by atoms with Crippen LogP contribution in [0.1, 0.15) is 16.5 Å². The molecule has 1 amide bonds. The van der Waals surface area contributed by atoms with Gasteiger partial charge in [0.25, 0.3) is 0 Å². The zero-order chi connectivity index (χ0) is 13.0. The number of hydrogen-bond acceptors (Lipinski definition) is 3. The molecule has 0 spiro atoms. The summed E-state index contributed by atoms with van der Waals surface area (Å²) < 4.78 is 1.06. The lowest BCUT2D eigenvalue weighted by molar-refractivity contribution is -0.120. The third kappa shape index (κ3) is 3.41. The van der Waals surface area contributed by atoms with Crippen LogP contribution in [0.15, 0.2) is 46.3 Å². The molecule has 0 saturated carbocycles. The molecule has 0 fully saturated rings. The van der Waals surface area contributed by atoms with Crippen LogP contribution in [0.5, 0.6) is 0 Å². The Kier molecular flexibility index (Phi) is 4.52. The first-order chi connectivity index (χ1) is 8.66. The van der Waals surface area contributed by atoms with E-state index in [1.807, 2.05) is 41.8 Å². The third-order valence-corrected chi connectivity index (χ3v) is 4.22.